The molecule has 2 nitrogen and oxygen atoms in total. The monoisotopic (exact) mass is 191 g/mol. The second-order valence-electron chi connectivity index (χ2n) is 2.09. The van der Waals surface area contributed by atoms with Gasteiger partial charge in [-0.3, -0.25) is 0 Å². The van der Waals surface area contributed by atoms with E-state index < -0.39 is 0 Å². The first kappa shape index (κ1) is 7.22. The van der Waals surface area contributed by atoms with Gasteiger partial charge < -0.3 is 4.74 Å². The third-order valence-electron chi connectivity index (χ3n) is 1.31. The number of rotatable bonds is 1. The number of hydrogen-bond donors (Lipinski definition) is 0. The lowest BCUT2D eigenvalue weighted by atomic mass is 10.4. The third kappa shape index (κ3) is 1.52. The summed E-state index contributed by atoms with van der Waals surface area (Å²) in [6, 6.07) is 0. The lowest BCUT2D eigenvalue weighted by Gasteiger charge is -2.04. The number of aliphatic imine (C=N–C) groups is 1. The largest absolute Gasteiger partial charge is 0.347 e. The van der Waals surface area contributed by atoms with E-state index in [1.807, 2.05) is 6.92 Å². The molecule has 0 bridgehead atoms. The van der Waals surface area contributed by atoms with Crippen molar-refractivity contribution >= 4 is 20.6 Å². The maximum Gasteiger partial charge on any atom is 0.150 e. The van der Waals surface area contributed by atoms with Gasteiger partial charge in [-0.15, -0.1) is 0 Å². The zero-order valence-corrected chi connectivity index (χ0v) is 7.18. The zero-order chi connectivity index (χ0) is 6.85. The summed E-state index contributed by atoms with van der Waals surface area (Å²) in [6.07, 6.45) is 1.21. The quantitative estimate of drug-likeness (QED) is 0.622. The molecule has 1 aliphatic rings. The van der Waals surface area contributed by atoms with Crippen molar-refractivity contribution in [2.24, 2.45) is 4.99 Å². The number of hydrogen-bond acceptors (Lipinski definition) is 2. The summed E-state index contributed by atoms with van der Waals surface area (Å²) in [4.78, 5) is 4.20. The van der Waals surface area contributed by atoms with E-state index in [1.54, 1.807) is 0 Å². The smallest absolute Gasteiger partial charge is 0.150 e. The van der Waals surface area contributed by atoms with Crippen LogP contribution in [0.1, 0.15) is 20.3 Å². The van der Waals surface area contributed by atoms with Gasteiger partial charge in [0.25, 0.3) is 0 Å². The topological polar surface area (TPSA) is 21.6 Å². The predicted molar refractivity (Wildman–Crippen MR) is 41.0 cm³/mol. The summed E-state index contributed by atoms with van der Waals surface area (Å²) in [7, 11) is 0. The Balaban J connectivity index is 2.52. The van der Waals surface area contributed by atoms with Crippen molar-refractivity contribution in [3.8, 4) is 0 Å². The van der Waals surface area contributed by atoms with Crippen molar-refractivity contribution in [3.05, 3.63) is 0 Å². The van der Waals surface area contributed by atoms with Gasteiger partial charge in [0.05, 0.1) is 0 Å². The lowest BCUT2D eigenvalue weighted by molar-refractivity contribution is 0.0584. The van der Waals surface area contributed by atoms with E-state index in [-0.39, 0.29) is 12.3 Å². The Hall–Kier alpha value is 0.110. The Bertz CT molecular complexity index is 135. The molecule has 3 heteroatoms. The fourth-order valence-corrected chi connectivity index (χ4v) is 1.09. The third-order valence-corrected chi connectivity index (χ3v) is 2.16. The molecule has 52 valence electrons. The van der Waals surface area contributed by atoms with Crippen LogP contribution in [-0.2, 0) is 4.74 Å². The fraction of sp³-hybridized carbons (Fsp3) is 0.833. The average Bonchev–Trinajstić information content (AvgIpc) is 2.13. The molecule has 9 heavy (non-hydrogen) atoms. The summed E-state index contributed by atoms with van der Waals surface area (Å²) in [5.41, 5.74) is 0. The molecule has 2 atom stereocenters. The Morgan fingerprint density at radius 3 is 2.67 bits per heavy atom. The highest BCUT2D eigenvalue weighted by Crippen LogP contribution is 2.17. The summed E-state index contributed by atoms with van der Waals surface area (Å²) in [6.45, 7) is 4.05. The Morgan fingerprint density at radius 1 is 1.78 bits per heavy atom. The standard InChI is InChI=1S/C6H10BrNO/c1-3-5-8-6(7)4(2)9-5/h4-5H,3H2,1-2H3. The SMILES string of the molecule is CCC1N=C(Br)C(C)O1. The first-order chi connectivity index (χ1) is 4.24. The molecule has 2 unspecified atom stereocenters. The van der Waals surface area contributed by atoms with Gasteiger partial charge in [0, 0.05) is 0 Å². The Labute approximate surface area is 63.4 Å². The van der Waals surface area contributed by atoms with E-state index in [0.717, 1.165) is 11.0 Å². The number of ether oxygens (including phenoxy) is 1. The van der Waals surface area contributed by atoms with Crippen LogP contribution in [0.15, 0.2) is 4.99 Å². The van der Waals surface area contributed by atoms with Crippen LogP contribution < -0.4 is 0 Å². The van der Waals surface area contributed by atoms with Crippen LogP contribution in [0, 0.1) is 0 Å². The van der Waals surface area contributed by atoms with Crippen molar-refractivity contribution in [2.75, 3.05) is 0 Å². The van der Waals surface area contributed by atoms with Crippen LogP contribution in [0.3, 0.4) is 0 Å². The summed E-state index contributed by atoms with van der Waals surface area (Å²) in [5.74, 6) is 0. The van der Waals surface area contributed by atoms with Gasteiger partial charge in [-0.2, -0.15) is 0 Å². The molecule has 0 aromatic carbocycles. The van der Waals surface area contributed by atoms with Crippen molar-refractivity contribution in [1.82, 2.24) is 0 Å². The summed E-state index contributed by atoms with van der Waals surface area (Å²) < 4.78 is 6.31. The van der Waals surface area contributed by atoms with Gasteiger partial charge in [-0.25, -0.2) is 4.99 Å². The molecular formula is C6H10BrNO. The first-order valence-electron chi connectivity index (χ1n) is 3.12. The Kier molecular flexibility index (Phi) is 2.24. The lowest BCUT2D eigenvalue weighted by Crippen LogP contribution is -2.10. The van der Waals surface area contributed by atoms with Crippen LogP contribution in [0.4, 0.5) is 0 Å². The molecule has 0 fully saturated rings. The van der Waals surface area contributed by atoms with Crippen molar-refractivity contribution in [1.29, 1.82) is 0 Å². The van der Waals surface area contributed by atoms with Crippen LogP contribution in [0.5, 0.6) is 0 Å². The van der Waals surface area contributed by atoms with Crippen molar-refractivity contribution < 1.29 is 4.74 Å². The molecule has 0 radical (unpaired) electrons. The first-order valence-corrected chi connectivity index (χ1v) is 3.92. The van der Waals surface area contributed by atoms with Gasteiger partial charge in [0.15, 0.2) is 0 Å². The van der Waals surface area contributed by atoms with E-state index in [4.69, 9.17) is 4.74 Å². The van der Waals surface area contributed by atoms with Gasteiger partial charge in [-0.05, 0) is 29.3 Å². The van der Waals surface area contributed by atoms with Crippen LogP contribution in [-0.4, -0.2) is 17.0 Å². The number of nitrogens with zero attached hydrogens (tertiary/aromatic N) is 1. The van der Waals surface area contributed by atoms with Gasteiger partial charge in [0.2, 0.25) is 0 Å². The molecule has 0 aliphatic carbocycles. The van der Waals surface area contributed by atoms with Crippen molar-refractivity contribution in [3.63, 3.8) is 0 Å². The van der Waals surface area contributed by atoms with Crippen molar-refractivity contribution in [2.45, 2.75) is 32.6 Å². The highest BCUT2D eigenvalue weighted by molar-refractivity contribution is 9.18. The molecule has 0 aromatic rings. The van der Waals surface area contributed by atoms with Gasteiger partial charge in [0.1, 0.15) is 17.0 Å². The molecule has 0 saturated heterocycles. The second kappa shape index (κ2) is 2.80. The summed E-state index contributed by atoms with van der Waals surface area (Å²) in [5, 5.41) is 0. The average molecular weight is 192 g/mol. The predicted octanol–water partition coefficient (Wildman–Crippen LogP) is 1.93. The van der Waals surface area contributed by atoms with E-state index >= 15 is 0 Å². The minimum atomic E-state index is 0.0920. The van der Waals surface area contributed by atoms with E-state index in [9.17, 15) is 0 Å². The highest BCUT2D eigenvalue weighted by atomic mass is 79.9. The maximum atomic E-state index is 5.37. The molecule has 1 aliphatic heterocycles. The highest BCUT2D eigenvalue weighted by Gasteiger charge is 2.21. The molecule has 0 N–H and O–H groups in total. The maximum absolute atomic E-state index is 5.37. The molecule has 1 rings (SSSR count). The van der Waals surface area contributed by atoms with E-state index in [1.165, 1.54) is 0 Å². The molecule has 0 amide bonds. The van der Waals surface area contributed by atoms with Gasteiger partial charge in [-0.1, -0.05) is 6.92 Å². The van der Waals surface area contributed by atoms with Crippen LogP contribution >= 0.6 is 15.9 Å². The minimum Gasteiger partial charge on any atom is -0.347 e. The normalized spacial score (nSPS) is 34.8. The van der Waals surface area contributed by atoms with Crippen LogP contribution in [0.25, 0.3) is 0 Å². The molecule has 1 heterocycles. The number of halogens is 1. The molecule has 0 saturated carbocycles. The fourth-order valence-electron chi connectivity index (χ4n) is 0.752. The molecule has 0 aromatic heterocycles. The van der Waals surface area contributed by atoms with E-state index in [2.05, 4.69) is 27.8 Å². The van der Waals surface area contributed by atoms with Gasteiger partial charge >= 0.3 is 0 Å². The van der Waals surface area contributed by atoms with Crippen LogP contribution in [0.2, 0.25) is 0 Å². The Morgan fingerprint density at radius 2 is 2.44 bits per heavy atom. The molecular weight excluding hydrogens is 182 g/mol. The zero-order valence-electron chi connectivity index (χ0n) is 5.60. The summed E-state index contributed by atoms with van der Waals surface area (Å²) >= 11 is 3.31. The minimum absolute atomic E-state index is 0.0920. The van der Waals surface area contributed by atoms with E-state index in [0.29, 0.717) is 0 Å². The second-order valence-corrected chi connectivity index (χ2v) is 2.91. The molecule has 0 spiro atoms.